The van der Waals surface area contributed by atoms with Crippen molar-refractivity contribution in [2.75, 3.05) is 13.6 Å². The first-order valence-electron chi connectivity index (χ1n) is 4.23. The van der Waals surface area contributed by atoms with E-state index in [0.29, 0.717) is 6.04 Å². The van der Waals surface area contributed by atoms with Crippen molar-refractivity contribution in [1.29, 1.82) is 0 Å². The van der Waals surface area contributed by atoms with E-state index in [1.807, 2.05) is 14.0 Å². The fourth-order valence-corrected chi connectivity index (χ4v) is 1.94. The Bertz CT molecular complexity index is 238. The lowest BCUT2D eigenvalue weighted by atomic mass is 9.91. The van der Waals surface area contributed by atoms with Crippen LogP contribution >= 0.6 is 0 Å². The van der Waals surface area contributed by atoms with Gasteiger partial charge in [0.1, 0.15) is 0 Å². The summed E-state index contributed by atoms with van der Waals surface area (Å²) in [5.74, 6) is 0.233. The van der Waals surface area contributed by atoms with Crippen LogP contribution < -0.4 is 5.32 Å². The molecule has 0 saturated carbocycles. The van der Waals surface area contributed by atoms with Gasteiger partial charge in [0.2, 0.25) is 5.91 Å². The third-order valence-corrected chi connectivity index (χ3v) is 2.70. The van der Waals surface area contributed by atoms with Crippen LogP contribution in [0, 0.1) is 5.92 Å². The van der Waals surface area contributed by atoms with Gasteiger partial charge in [-0.2, -0.15) is 0 Å². The molecule has 2 aliphatic heterocycles. The quantitative estimate of drug-likeness (QED) is 0.527. The molecule has 2 aliphatic rings. The highest BCUT2D eigenvalue weighted by Gasteiger charge is 2.40. The highest BCUT2D eigenvalue weighted by atomic mass is 16.2. The Balaban J connectivity index is 2.20. The number of likely N-dealkylation sites (tertiary alicyclic amines) is 1. The van der Waals surface area contributed by atoms with Gasteiger partial charge in [0, 0.05) is 13.6 Å². The summed E-state index contributed by atoms with van der Waals surface area (Å²) >= 11 is 0. The Kier molecular flexibility index (Phi) is 1.56. The molecule has 0 aliphatic carbocycles. The number of hydrogen-bond donors (Lipinski definition) is 1. The van der Waals surface area contributed by atoms with E-state index in [-0.39, 0.29) is 17.9 Å². The molecule has 0 aromatic rings. The molecule has 66 valence electrons. The minimum absolute atomic E-state index is 0.0278. The van der Waals surface area contributed by atoms with Crippen molar-refractivity contribution < 1.29 is 4.79 Å². The van der Waals surface area contributed by atoms with Crippen LogP contribution in [0.5, 0.6) is 0 Å². The van der Waals surface area contributed by atoms with Crippen molar-refractivity contribution in [3.05, 3.63) is 0 Å². The van der Waals surface area contributed by atoms with Gasteiger partial charge in [-0.05, 0) is 0 Å². The summed E-state index contributed by atoms with van der Waals surface area (Å²) in [6.45, 7) is 2.72. The van der Waals surface area contributed by atoms with Gasteiger partial charge in [-0.25, -0.2) is 0 Å². The first-order valence-corrected chi connectivity index (χ1v) is 4.23. The Hall–Kier alpha value is -1.06. The van der Waals surface area contributed by atoms with Gasteiger partial charge in [0.25, 0.3) is 0 Å². The SMILES string of the molecule is CC1C(=O)N(C)CC2NC=NC21. The maximum Gasteiger partial charge on any atom is 0.227 e. The van der Waals surface area contributed by atoms with Crippen molar-refractivity contribution in [3.8, 4) is 0 Å². The number of nitrogens with one attached hydrogen (secondary N) is 1. The Morgan fingerprint density at radius 3 is 3.25 bits per heavy atom. The van der Waals surface area contributed by atoms with Crippen LogP contribution in [-0.2, 0) is 4.79 Å². The van der Waals surface area contributed by atoms with Crippen LogP contribution in [-0.4, -0.2) is 42.8 Å². The minimum Gasteiger partial charge on any atom is -0.370 e. The second-order valence-corrected chi connectivity index (χ2v) is 3.55. The second-order valence-electron chi connectivity index (χ2n) is 3.55. The number of aliphatic imine (C=N–C) groups is 1. The molecule has 0 spiro atoms. The van der Waals surface area contributed by atoms with Gasteiger partial charge in [0.05, 0.1) is 24.3 Å². The first-order chi connectivity index (χ1) is 5.70. The number of likely N-dealkylation sites (N-methyl/N-ethyl adjacent to an activating group) is 1. The standard InChI is InChI=1S/C8H13N3O/c1-5-7-6(9-4-10-7)3-11(2)8(5)12/h4-7H,3H2,1-2H3,(H,9,10). The van der Waals surface area contributed by atoms with Crippen LogP contribution in [0.25, 0.3) is 0 Å². The molecular formula is C8H13N3O. The molecule has 2 heterocycles. The van der Waals surface area contributed by atoms with E-state index in [4.69, 9.17) is 0 Å². The van der Waals surface area contributed by atoms with Gasteiger partial charge >= 0.3 is 0 Å². The number of nitrogens with zero attached hydrogens (tertiary/aromatic N) is 2. The van der Waals surface area contributed by atoms with Crippen molar-refractivity contribution >= 4 is 12.2 Å². The fraction of sp³-hybridized carbons (Fsp3) is 0.750. The summed E-state index contributed by atoms with van der Waals surface area (Å²) in [5.41, 5.74) is 0. The summed E-state index contributed by atoms with van der Waals surface area (Å²) in [4.78, 5) is 17.5. The van der Waals surface area contributed by atoms with Crippen LogP contribution in [0.15, 0.2) is 4.99 Å². The van der Waals surface area contributed by atoms with Crippen molar-refractivity contribution in [1.82, 2.24) is 10.2 Å². The van der Waals surface area contributed by atoms with Crippen LogP contribution in [0.4, 0.5) is 0 Å². The largest absolute Gasteiger partial charge is 0.370 e. The van der Waals surface area contributed by atoms with E-state index < -0.39 is 0 Å². The van der Waals surface area contributed by atoms with E-state index in [1.165, 1.54) is 0 Å². The molecule has 1 saturated heterocycles. The molecule has 0 aromatic heterocycles. The molecule has 2 rings (SSSR count). The summed E-state index contributed by atoms with van der Waals surface area (Å²) in [7, 11) is 1.84. The van der Waals surface area contributed by atoms with Gasteiger partial charge < -0.3 is 10.2 Å². The summed E-state index contributed by atoms with van der Waals surface area (Å²) < 4.78 is 0. The lowest BCUT2D eigenvalue weighted by molar-refractivity contribution is -0.137. The zero-order valence-electron chi connectivity index (χ0n) is 7.32. The number of carbonyl (C=O) groups excluding carboxylic acids is 1. The fourth-order valence-electron chi connectivity index (χ4n) is 1.94. The lowest BCUT2D eigenvalue weighted by Crippen LogP contribution is -2.55. The number of amides is 1. The maximum atomic E-state index is 11.5. The van der Waals surface area contributed by atoms with Crippen molar-refractivity contribution in [2.45, 2.75) is 19.0 Å². The number of carbonyl (C=O) groups is 1. The molecule has 1 fully saturated rings. The van der Waals surface area contributed by atoms with Gasteiger partial charge in [0.15, 0.2) is 0 Å². The second kappa shape index (κ2) is 2.47. The van der Waals surface area contributed by atoms with E-state index in [9.17, 15) is 4.79 Å². The number of piperidine rings is 1. The average molecular weight is 167 g/mol. The minimum atomic E-state index is 0.0278. The highest BCUT2D eigenvalue weighted by Crippen LogP contribution is 2.22. The lowest BCUT2D eigenvalue weighted by Gasteiger charge is -2.35. The van der Waals surface area contributed by atoms with Crippen molar-refractivity contribution in [3.63, 3.8) is 0 Å². The molecule has 1 amide bonds. The van der Waals surface area contributed by atoms with E-state index in [2.05, 4.69) is 10.3 Å². The molecule has 0 aromatic carbocycles. The van der Waals surface area contributed by atoms with Crippen LogP contribution in [0.2, 0.25) is 0 Å². The topological polar surface area (TPSA) is 44.7 Å². The molecule has 3 unspecified atom stereocenters. The number of hydrogen-bond acceptors (Lipinski definition) is 3. The molecule has 0 bridgehead atoms. The summed E-state index contributed by atoms with van der Waals surface area (Å²) in [5, 5.41) is 3.15. The zero-order chi connectivity index (χ0) is 8.72. The summed E-state index contributed by atoms with van der Waals surface area (Å²) in [6, 6.07) is 0.497. The third-order valence-electron chi connectivity index (χ3n) is 2.70. The predicted octanol–water partition coefficient (Wildman–Crippen LogP) is -0.537. The molecule has 12 heavy (non-hydrogen) atoms. The Morgan fingerprint density at radius 1 is 1.75 bits per heavy atom. The Morgan fingerprint density at radius 2 is 2.50 bits per heavy atom. The van der Waals surface area contributed by atoms with Gasteiger partial charge in [-0.15, -0.1) is 0 Å². The first kappa shape index (κ1) is 7.58. The number of fused-ring (bicyclic) bond motifs is 1. The molecule has 3 atom stereocenters. The predicted molar refractivity (Wildman–Crippen MR) is 46.0 cm³/mol. The molecule has 1 N–H and O–H groups in total. The molecule has 0 radical (unpaired) electrons. The monoisotopic (exact) mass is 167 g/mol. The summed E-state index contributed by atoms with van der Waals surface area (Å²) in [6.07, 6.45) is 1.72. The zero-order valence-corrected chi connectivity index (χ0v) is 7.32. The molecule has 4 nitrogen and oxygen atoms in total. The third kappa shape index (κ3) is 0.906. The van der Waals surface area contributed by atoms with Crippen LogP contribution in [0.1, 0.15) is 6.92 Å². The smallest absolute Gasteiger partial charge is 0.227 e. The average Bonchev–Trinajstić information content (AvgIpc) is 2.48. The van der Waals surface area contributed by atoms with E-state index in [1.54, 1.807) is 11.2 Å². The van der Waals surface area contributed by atoms with Crippen LogP contribution in [0.3, 0.4) is 0 Å². The molecule has 4 heteroatoms. The Labute approximate surface area is 71.6 Å². The van der Waals surface area contributed by atoms with Gasteiger partial charge in [-0.3, -0.25) is 9.79 Å². The molecular weight excluding hydrogens is 154 g/mol. The van der Waals surface area contributed by atoms with Crippen molar-refractivity contribution in [2.24, 2.45) is 10.9 Å². The van der Waals surface area contributed by atoms with Gasteiger partial charge in [-0.1, -0.05) is 6.92 Å². The van der Waals surface area contributed by atoms with E-state index in [0.717, 1.165) is 6.54 Å². The highest BCUT2D eigenvalue weighted by molar-refractivity contribution is 5.81. The normalized spacial score (nSPS) is 39.7. The van der Waals surface area contributed by atoms with E-state index >= 15 is 0 Å². The number of rotatable bonds is 0. The maximum absolute atomic E-state index is 11.5.